The molecule has 3 atom stereocenters. The quantitative estimate of drug-likeness (QED) is 0.947. The van der Waals surface area contributed by atoms with Gasteiger partial charge in [-0.3, -0.25) is 4.79 Å². The predicted octanol–water partition coefficient (Wildman–Crippen LogP) is 3.08. The van der Waals surface area contributed by atoms with E-state index < -0.39 is 0 Å². The van der Waals surface area contributed by atoms with Gasteiger partial charge in [0.1, 0.15) is 5.76 Å². The molecule has 120 valence electrons. The summed E-state index contributed by atoms with van der Waals surface area (Å²) in [7, 11) is 0. The fourth-order valence-electron chi connectivity index (χ4n) is 3.87. The zero-order valence-corrected chi connectivity index (χ0v) is 13.4. The minimum absolute atomic E-state index is 0.0997. The zero-order chi connectivity index (χ0) is 15.8. The Morgan fingerprint density at radius 1 is 1.22 bits per heavy atom. The van der Waals surface area contributed by atoms with Gasteiger partial charge in [-0.2, -0.15) is 0 Å². The standard InChI is InChI=1S/C19H22N2O2/c1-13-4-2-3-5-16(13)17-6-7-18(23-17)19(22)20-15-10-14-8-9-21(11-14)12-15/h2-7,14-15H,8-12H2,1H3,(H,20,22)/t14-,15+/m0/s1. The van der Waals surface area contributed by atoms with Gasteiger partial charge in [-0.05, 0) is 49.9 Å². The van der Waals surface area contributed by atoms with Crippen molar-refractivity contribution in [2.24, 2.45) is 5.92 Å². The third-order valence-electron chi connectivity index (χ3n) is 5.04. The molecule has 1 N–H and O–H groups in total. The van der Waals surface area contributed by atoms with E-state index in [-0.39, 0.29) is 11.9 Å². The minimum atomic E-state index is -0.0997. The number of hydrogen-bond donors (Lipinski definition) is 1. The predicted molar refractivity (Wildman–Crippen MR) is 89.3 cm³/mol. The van der Waals surface area contributed by atoms with E-state index in [1.165, 1.54) is 19.5 Å². The molecule has 2 aromatic rings. The van der Waals surface area contributed by atoms with Gasteiger partial charge in [0, 0.05) is 24.7 Å². The Hall–Kier alpha value is -2.07. The van der Waals surface area contributed by atoms with Crippen molar-refractivity contribution in [3.8, 4) is 11.3 Å². The van der Waals surface area contributed by atoms with E-state index in [0.717, 1.165) is 35.8 Å². The molecule has 2 aliphatic rings. The Kier molecular flexibility index (Phi) is 3.69. The molecular formula is C19H22N2O2. The van der Waals surface area contributed by atoms with Crippen molar-refractivity contribution in [3.05, 3.63) is 47.7 Å². The van der Waals surface area contributed by atoms with Gasteiger partial charge in [0.05, 0.1) is 0 Å². The molecule has 4 nitrogen and oxygen atoms in total. The first-order chi connectivity index (χ1) is 11.2. The molecule has 1 aromatic carbocycles. The maximum absolute atomic E-state index is 12.5. The van der Waals surface area contributed by atoms with Gasteiger partial charge in [0.2, 0.25) is 0 Å². The number of nitrogens with one attached hydrogen (secondary N) is 1. The highest BCUT2D eigenvalue weighted by atomic mass is 16.3. The first kappa shape index (κ1) is 14.5. The van der Waals surface area contributed by atoms with Crippen LogP contribution < -0.4 is 5.32 Å². The van der Waals surface area contributed by atoms with Crippen LogP contribution in [0.15, 0.2) is 40.8 Å². The van der Waals surface area contributed by atoms with Gasteiger partial charge in [0.25, 0.3) is 5.91 Å². The summed E-state index contributed by atoms with van der Waals surface area (Å²) in [5.41, 5.74) is 2.18. The summed E-state index contributed by atoms with van der Waals surface area (Å²) in [5, 5.41) is 3.14. The van der Waals surface area contributed by atoms with Crippen LogP contribution in [-0.4, -0.2) is 36.5 Å². The lowest BCUT2D eigenvalue weighted by atomic mass is 9.97. The number of furan rings is 1. The van der Waals surface area contributed by atoms with Crippen LogP contribution in [0.5, 0.6) is 0 Å². The Balaban J connectivity index is 1.46. The molecule has 0 aliphatic carbocycles. The number of nitrogens with zero attached hydrogens (tertiary/aromatic N) is 1. The second kappa shape index (κ2) is 5.85. The Morgan fingerprint density at radius 3 is 2.91 bits per heavy atom. The topological polar surface area (TPSA) is 45.5 Å². The number of aryl methyl sites for hydroxylation is 1. The number of rotatable bonds is 3. The average molecular weight is 310 g/mol. The number of piperidine rings is 1. The van der Waals surface area contributed by atoms with E-state index in [0.29, 0.717) is 5.76 Å². The van der Waals surface area contributed by atoms with Crippen LogP contribution in [0.4, 0.5) is 0 Å². The normalized spacial score (nSPS) is 26.2. The summed E-state index contributed by atoms with van der Waals surface area (Å²) in [4.78, 5) is 14.9. The first-order valence-electron chi connectivity index (χ1n) is 8.38. The number of amides is 1. The maximum atomic E-state index is 12.5. The van der Waals surface area contributed by atoms with Crippen LogP contribution in [0.1, 0.15) is 29.0 Å². The molecule has 23 heavy (non-hydrogen) atoms. The summed E-state index contributed by atoms with van der Waals surface area (Å²) in [6.07, 6.45) is 2.36. The summed E-state index contributed by atoms with van der Waals surface area (Å²) < 4.78 is 5.80. The fraction of sp³-hybridized carbons (Fsp3) is 0.421. The van der Waals surface area contributed by atoms with Crippen molar-refractivity contribution >= 4 is 5.91 Å². The van der Waals surface area contributed by atoms with Crippen molar-refractivity contribution in [2.45, 2.75) is 25.8 Å². The summed E-state index contributed by atoms with van der Waals surface area (Å²) >= 11 is 0. The summed E-state index contributed by atoms with van der Waals surface area (Å²) in [5.74, 6) is 1.79. The highest BCUT2D eigenvalue weighted by molar-refractivity contribution is 5.92. The number of fused-ring (bicyclic) bond motifs is 2. The van der Waals surface area contributed by atoms with E-state index >= 15 is 0 Å². The van der Waals surface area contributed by atoms with E-state index in [9.17, 15) is 4.79 Å². The number of hydrogen-bond acceptors (Lipinski definition) is 3. The van der Waals surface area contributed by atoms with Gasteiger partial charge >= 0.3 is 0 Å². The Morgan fingerprint density at radius 2 is 2.09 bits per heavy atom. The van der Waals surface area contributed by atoms with Crippen LogP contribution in [0.25, 0.3) is 11.3 Å². The van der Waals surface area contributed by atoms with Crippen LogP contribution >= 0.6 is 0 Å². The molecule has 0 saturated carbocycles. The number of carbonyl (C=O) groups is 1. The molecule has 1 unspecified atom stereocenters. The van der Waals surface area contributed by atoms with Crippen LogP contribution in [-0.2, 0) is 0 Å². The second-order valence-electron chi connectivity index (χ2n) is 6.80. The molecule has 1 amide bonds. The van der Waals surface area contributed by atoms with Crippen molar-refractivity contribution in [3.63, 3.8) is 0 Å². The van der Waals surface area contributed by atoms with Crippen LogP contribution in [0.3, 0.4) is 0 Å². The average Bonchev–Trinajstić information content (AvgIpc) is 3.15. The lowest BCUT2D eigenvalue weighted by Gasteiger charge is -2.30. The second-order valence-corrected chi connectivity index (χ2v) is 6.80. The molecule has 2 bridgehead atoms. The van der Waals surface area contributed by atoms with Gasteiger partial charge in [0.15, 0.2) is 5.76 Å². The monoisotopic (exact) mass is 310 g/mol. The molecule has 0 radical (unpaired) electrons. The van der Waals surface area contributed by atoms with Crippen LogP contribution in [0.2, 0.25) is 0 Å². The first-order valence-corrected chi connectivity index (χ1v) is 8.38. The lowest BCUT2D eigenvalue weighted by Crippen LogP contribution is -2.46. The number of benzene rings is 1. The largest absolute Gasteiger partial charge is 0.451 e. The van der Waals surface area contributed by atoms with Crippen LogP contribution in [0, 0.1) is 12.8 Å². The van der Waals surface area contributed by atoms with Gasteiger partial charge in [-0.15, -0.1) is 0 Å². The van der Waals surface area contributed by atoms with E-state index in [4.69, 9.17) is 4.42 Å². The highest BCUT2D eigenvalue weighted by Crippen LogP contribution is 2.28. The smallest absolute Gasteiger partial charge is 0.287 e. The Bertz CT molecular complexity index is 710. The van der Waals surface area contributed by atoms with Crippen molar-refractivity contribution in [1.82, 2.24) is 10.2 Å². The molecule has 4 heteroatoms. The van der Waals surface area contributed by atoms with E-state index in [2.05, 4.69) is 10.2 Å². The molecule has 3 heterocycles. The Labute approximate surface area is 136 Å². The highest BCUT2D eigenvalue weighted by Gasteiger charge is 2.33. The molecule has 1 aromatic heterocycles. The van der Waals surface area contributed by atoms with Crippen molar-refractivity contribution in [1.29, 1.82) is 0 Å². The van der Waals surface area contributed by atoms with Gasteiger partial charge in [-0.25, -0.2) is 0 Å². The molecule has 4 rings (SSSR count). The van der Waals surface area contributed by atoms with Gasteiger partial charge < -0.3 is 14.6 Å². The zero-order valence-electron chi connectivity index (χ0n) is 13.4. The molecule has 2 saturated heterocycles. The van der Waals surface area contributed by atoms with E-state index in [1.54, 1.807) is 6.07 Å². The summed E-state index contributed by atoms with van der Waals surface area (Å²) in [6, 6.07) is 11.9. The maximum Gasteiger partial charge on any atom is 0.287 e. The fourth-order valence-corrected chi connectivity index (χ4v) is 3.87. The number of carbonyl (C=O) groups excluding carboxylic acids is 1. The van der Waals surface area contributed by atoms with E-state index in [1.807, 2.05) is 37.3 Å². The molecular weight excluding hydrogens is 288 g/mol. The summed E-state index contributed by atoms with van der Waals surface area (Å²) in [6.45, 7) is 5.39. The third-order valence-corrected chi connectivity index (χ3v) is 5.04. The molecule has 2 fully saturated rings. The van der Waals surface area contributed by atoms with Gasteiger partial charge in [-0.1, -0.05) is 24.3 Å². The third kappa shape index (κ3) is 2.91. The lowest BCUT2D eigenvalue weighted by molar-refractivity contribution is 0.0882. The molecule has 2 aliphatic heterocycles. The SMILES string of the molecule is Cc1ccccc1-c1ccc(C(=O)N[C@@H]2C[C@@H]3CCN(C3)C2)o1. The molecule has 0 spiro atoms. The van der Waals surface area contributed by atoms with Crippen molar-refractivity contribution in [2.75, 3.05) is 19.6 Å². The minimum Gasteiger partial charge on any atom is -0.451 e. The van der Waals surface area contributed by atoms with Crippen molar-refractivity contribution < 1.29 is 9.21 Å².